The Bertz CT molecular complexity index is 780. The van der Waals surface area contributed by atoms with Crippen LogP contribution in [0.5, 0.6) is 0 Å². The highest BCUT2D eigenvalue weighted by atomic mass is 16.5. The third-order valence-electron chi connectivity index (χ3n) is 5.88. The quantitative estimate of drug-likeness (QED) is 0.701. The topological polar surface area (TPSA) is 47.4 Å². The third kappa shape index (κ3) is 4.59. The highest BCUT2D eigenvalue weighted by Crippen LogP contribution is 2.32. The summed E-state index contributed by atoms with van der Waals surface area (Å²) < 4.78 is 6.71. The normalized spacial score (nSPS) is 17.4. The van der Waals surface area contributed by atoms with Crippen LogP contribution in [0.25, 0.3) is 0 Å². The summed E-state index contributed by atoms with van der Waals surface area (Å²) in [5.74, 6) is -0.151. The average Bonchev–Trinajstić information content (AvgIpc) is 3.23. The lowest BCUT2D eigenvalue weighted by molar-refractivity contribution is -0.140. The molecule has 1 aromatic heterocycles. The fourth-order valence-corrected chi connectivity index (χ4v) is 4.16. The summed E-state index contributed by atoms with van der Waals surface area (Å²) in [5, 5.41) is 4.54. The van der Waals surface area contributed by atoms with Crippen LogP contribution in [0.2, 0.25) is 0 Å². The van der Waals surface area contributed by atoms with E-state index in [4.69, 9.17) is 4.74 Å². The Morgan fingerprint density at radius 3 is 2.59 bits per heavy atom. The van der Waals surface area contributed by atoms with E-state index in [9.17, 15) is 4.79 Å². The number of esters is 1. The van der Waals surface area contributed by atoms with Crippen LogP contribution in [0.4, 0.5) is 0 Å². The highest BCUT2D eigenvalue weighted by Gasteiger charge is 2.26. The van der Waals surface area contributed by atoms with Crippen LogP contribution in [0.15, 0.2) is 24.3 Å². The molecule has 1 aliphatic rings. The molecule has 1 saturated heterocycles. The molecule has 1 atom stereocenters. The number of hydrogen-bond donors (Lipinski definition) is 0. The fourth-order valence-electron chi connectivity index (χ4n) is 4.16. The smallest absolute Gasteiger partial charge is 0.305 e. The summed E-state index contributed by atoms with van der Waals surface area (Å²) in [6, 6.07) is 9.28. The van der Waals surface area contributed by atoms with Gasteiger partial charge in [0.15, 0.2) is 0 Å². The minimum atomic E-state index is -0.151. The second-order valence-corrected chi connectivity index (χ2v) is 7.53. The van der Waals surface area contributed by atoms with Gasteiger partial charge in [0, 0.05) is 31.7 Å². The molecule has 146 valence electrons. The van der Waals surface area contributed by atoms with E-state index >= 15 is 0 Å². The van der Waals surface area contributed by atoms with Crippen molar-refractivity contribution in [2.45, 2.75) is 52.0 Å². The lowest BCUT2D eigenvalue weighted by Crippen LogP contribution is -2.26. The van der Waals surface area contributed by atoms with Gasteiger partial charge in [-0.25, -0.2) is 0 Å². The Morgan fingerprint density at radius 1 is 1.22 bits per heavy atom. The first-order valence-corrected chi connectivity index (χ1v) is 9.88. The van der Waals surface area contributed by atoms with Gasteiger partial charge in [-0.3, -0.25) is 14.4 Å². The van der Waals surface area contributed by atoms with Crippen molar-refractivity contribution in [1.29, 1.82) is 0 Å². The van der Waals surface area contributed by atoms with Crippen molar-refractivity contribution < 1.29 is 9.53 Å². The summed E-state index contributed by atoms with van der Waals surface area (Å²) in [6.07, 6.45) is 4.70. The molecule has 2 heterocycles. The average molecular weight is 370 g/mol. The Labute approximate surface area is 162 Å². The Hall–Kier alpha value is -2.14. The van der Waals surface area contributed by atoms with Crippen molar-refractivity contribution in [3.63, 3.8) is 0 Å². The SMILES string of the molecule is COC(=O)CCc1ccc(C2CCCN2CCc2c(C)nn(C)c2C)cc1. The molecule has 0 saturated carbocycles. The van der Waals surface area contributed by atoms with E-state index < -0.39 is 0 Å². The van der Waals surface area contributed by atoms with Crippen LogP contribution >= 0.6 is 0 Å². The minimum Gasteiger partial charge on any atom is -0.469 e. The zero-order valence-electron chi connectivity index (χ0n) is 17.0. The summed E-state index contributed by atoms with van der Waals surface area (Å²) in [6.45, 7) is 6.50. The largest absolute Gasteiger partial charge is 0.469 e. The molecule has 0 bridgehead atoms. The van der Waals surface area contributed by atoms with Gasteiger partial charge in [-0.05, 0) is 62.8 Å². The number of ether oxygens (including phenoxy) is 1. The molecule has 0 aliphatic carbocycles. The number of likely N-dealkylation sites (tertiary alicyclic amines) is 1. The van der Waals surface area contributed by atoms with E-state index in [2.05, 4.69) is 48.1 Å². The molecule has 27 heavy (non-hydrogen) atoms. The zero-order valence-corrected chi connectivity index (χ0v) is 17.0. The van der Waals surface area contributed by atoms with E-state index in [-0.39, 0.29) is 5.97 Å². The van der Waals surface area contributed by atoms with Gasteiger partial charge in [0.2, 0.25) is 0 Å². The number of methoxy groups -OCH3 is 1. The summed E-state index contributed by atoms with van der Waals surface area (Å²) in [5.41, 5.74) is 6.39. The van der Waals surface area contributed by atoms with Gasteiger partial charge < -0.3 is 4.74 Å². The van der Waals surface area contributed by atoms with Crippen LogP contribution in [0, 0.1) is 13.8 Å². The Morgan fingerprint density at radius 2 is 1.96 bits per heavy atom. The first-order chi connectivity index (χ1) is 13.0. The molecule has 0 spiro atoms. The van der Waals surface area contributed by atoms with E-state index in [1.807, 2.05) is 11.7 Å². The van der Waals surface area contributed by atoms with Crippen LogP contribution in [0.3, 0.4) is 0 Å². The lowest BCUT2D eigenvalue weighted by Gasteiger charge is -2.25. The zero-order chi connectivity index (χ0) is 19.4. The summed E-state index contributed by atoms with van der Waals surface area (Å²) >= 11 is 0. The second-order valence-electron chi connectivity index (χ2n) is 7.53. The number of rotatable bonds is 7. The third-order valence-corrected chi connectivity index (χ3v) is 5.88. The molecule has 0 amide bonds. The predicted octanol–water partition coefficient (Wildman–Crippen LogP) is 3.52. The molecule has 1 fully saturated rings. The molecule has 0 radical (unpaired) electrons. The Balaban J connectivity index is 1.61. The van der Waals surface area contributed by atoms with Gasteiger partial charge >= 0.3 is 5.97 Å². The monoisotopic (exact) mass is 369 g/mol. The van der Waals surface area contributed by atoms with Crippen molar-refractivity contribution in [2.75, 3.05) is 20.2 Å². The van der Waals surface area contributed by atoms with Gasteiger partial charge in [0.25, 0.3) is 0 Å². The van der Waals surface area contributed by atoms with Gasteiger partial charge in [0.1, 0.15) is 0 Å². The van der Waals surface area contributed by atoms with Crippen molar-refractivity contribution in [3.8, 4) is 0 Å². The molecule has 1 aliphatic heterocycles. The predicted molar refractivity (Wildman–Crippen MR) is 107 cm³/mol. The molecule has 3 rings (SSSR count). The molecule has 5 heteroatoms. The number of hydrogen-bond acceptors (Lipinski definition) is 4. The minimum absolute atomic E-state index is 0.151. The number of aromatic nitrogens is 2. The van der Waals surface area contributed by atoms with Gasteiger partial charge in [0.05, 0.1) is 12.8 Å². The fraction of sp³-hybridized carbons (Fsp3) is 0.545. The van der Waals surface area contributed by atoms with Crippen molar-refractivity contribution in [2.24, 2.45) is 7.05 Å². The standard InChI is InChI=1S/C22H31N3O2/c1-16-20(17(2)24(3)23-16)13-15-25-14-5-6-21(25)19-10-7-18(8-11-19)9-12-22(26)27-4/h7-8,10-11,21H,5-6,9,12-15H2,1-4H3. The summed E-state index contributed by atoms with van der Waals surface area (Å²) in [4.78, 5) is 13.9. The molecule has 1 aromatic carbocycles. The number of carbonyl (C=O) groups excluding carboxylic acids is 1. The van der Waals surface area contributed by atoms with E-state index in [0.717, 1.165) is 31.6 Å². The first kappa shape index (κ1) is 19.6. The molecule has 1 unspecified atom stereocenters. The van der Waals surface area contributed by atoms with Crippen LogP contribution in [-0.4, -0.2) is 40.8 Å². The van der Waals surface area contributed by atoms with Gasteiger partial charge in [-0.1, -0.05) is 24.3 Å². The Kier molecular flexibility index (Phi) is 6.32. The van der Waals surface area contributed by atoms with Crippen LogP contribution in [0.1, 0.15) is 53.4 Å². The van der Waals surface area contributed by atoms with Gasteiger partial charge in [-0.2, -0.15) is 5.10 Å². The van der Waals surface area contributed by atoms with Crippen LogP contribution < -0.4 is 0 Å². The van der Waals surface area contributed by atoms with Crippen molar-refractivity contribution in [3.05, 3.63) is 52.3 Å². The number of aryl methyl sites for hydroxylation is 3. The van der Waals surface area contributed by atoms with Crippen molar-refractivity contribution >= 4 is 5.97 Å². The maximum absolute atomic E-state index is 11.3. The maximum Gasteiger partial charge on any atom is 0.305 e. The van der Waals surface area contributed by atoms with Crippen molar-refractivity contribution in [1.82, 2.24) is 14.7 Å². The highest BCUT2D eigenvalue weighted by molar-refractivity contribution is 5.69. The molecule has 0 N–H and O–H groups in total. The maximum atomic E-state index is 11.3. The van der Waals surface area contributed by atoms with Crippen LogP contribution in [-0.2, 0) is 29.4 Å². The molecular weight excluding hydrogens is 338 g/mol. The summed E-state index contributed by atoms with van der Waals surface area (Å²) in [7, 11) is 3.46. The number of nitrogens with zero attached hydrogens (tertiary/aromatic N) is 3. The van der Waals surface area contributed by atoms with Gasteiger partial charge in [-0.15, -0.1) is 0 Å². The molecule has 2 aromatic rings. The van der Waals surface area contributed by atoms with E-state index in [1.165, 1.54) is 42.3 Å². The van der Waals surface area contributed by atoms with E-state index in [1.54, 1.807) is 0 Å². The number of carbonyl (C=O) groups is 1. The lowest BCUT2D eigenvalue weighted by atomic mass is 10.0. The second kappa shape index (κ2) is 8.70. The molecule has 5 nitrogen and oxygen atoms in total. The number of benzene rings is 1. The van der Waals surface area contributed by atoms with E-state index in [0.29, 0.717) is 12.5 Å². The molecular formula is C22H31N3O2. The first-order valence-electron chi connectivity index (χ1n) is 9.88.